The van der Waals surface area contributed by atoms with Crippen molar-refractivity contribution in [1.29, 1.82) is 0 Å². The predicted molar refractivity (Wildman–Crippen MR) is 78.3 cm³/mol. The minimum atomic E-state index is -3.00. The summed E-state index contributed by atoms with van der Waals surface area (Å²) in [5.74, 6) is 1.23. The van der Waals surface area contributed by atoms with Crippen molar-refractivity contribution in [1.82, 2.24) is 4.90 Å². The molecule has 1 aromatic carbocycles. The smallest absolute Gasteiger partial charge is 0.260 e. The van der Waals surface area contributed by atoms with Crippen LogP contribution in [0.3, 0.4) is 0 Å². The van der Waals surface area contributed by atoms with Crippen molar-refractivity contribution in [3.8, 4) is 11.5 Å². The molecule has 0 aromatic heterocycles. The molecular formula is C14H19NO5S. The molecule has 1 saturated heterocycles. The summed E-state index contributed by atoms with van der Waals surface area (Å²) in [6.45, 7) is -0.112. The second-order valence-electron chi connectivity index (χ2n) is 5.03. The fourth-order valence-electron chi connectivity index (χ4n) is 2.20. The first kappa shape index (κ1) is 15.6. The molecule has 1 heterocycles. The standard InChI is InChI=1S/C14H19NO5S/c1-15(11-7-8-21(17,18)10-11)14(16)9-20-13-5-3-12(19-2)4-6-13/h3-6,11H,7-10H2,1-2H3/t11-/m1/s1. The molecule has 2 rings (SSSR count). The number of hydrogen-bond donors (Lipinski definition) is 0. The number of amides is 1. The molecule has 0 unspecified atom stereocenters. The molecule has 21 heavy (non-hydrogen) atoms. The molecule has 1 atom stereocenters. The van der Waals surface area contributed by atoms with Crippen molar-refractivity contribution in [3.05, 3.63) is 24.3 Å². The number of carbonyl (C=O) groups is 1. The van der Waals surface area contributed by atoms with Crippen LogP contribution < -0.4 is 9.47 Å². The minimum absolute atomic E-state index is 0.0395. The third-order valence-electron chi connectivity index (χ3n) is 3.57. The Labute approximate surface area is 124 Å². The molecule has 1 amide bonds. The second kappa shape index (κ2) is 6.34. The van der Waals surface area contributed by atoms with E-state index < -0.39 is 9.84 Å². The first-order chi connectivity index (χ1) is 9.91. The molecule has 1 aromatic rings. The van der Waals surface area contributed by atoms with Crippen LogP contribution in [0.25, 0.3) is 0 Å². The summed E-state index contributed by atoms with van der Waals surface area (Å²) in [5, 5.41) is 0. The van der Waals surface area contributed by atoms with E-state index in [0.29, 0.717) is 17.9 Å². The lowest BCUT2D eigenvalue weighted by molar-refractivity contribution is -0.133. The molecule has 1 fully saturated rings. The number of nitrogens with zero attached hydrogens (tertiary/aromatic N) is 1. The van der Waals surface area contributed by atoms with Crippen LogP contribution in [-0.4, -0.2) is 57.5 Å². The van der Waals surface area contributed by atoms with E-state index in [1.165, 1.54) is 4.90 Å². The lowest BCUT2D eigenvalue weighted by atomic mass is 10.2. The van der Waals surface area contributed by atoms with Gasteiger partial charge >= 0.3 is 0 Å². The van der Waals surface area contributed by atoms with Gasteiger partial charge in [-0.15, -0.1) is 0 Å². The molecule has 7 heteroatoms. The van der Waals surface area contributed by atoms with Crippen molar-refractivity contribution < 1.29 is 22.7 Å². The number of hydrogen-bond acceptors (Lipinski definition) is 5. The van der Waals surface area contributed by atoms with Crippen LogP contribution in [0.4, 0.5) is 0 Å². The van der Waals surface area contributed by atoms with Crippen molar-refractivity contribution in [2.75, 3.05) is 32.3 Å². The van der Waals surface area contributed by atoms with Gasteiger partial charge in [-0.3, -0.25) is 4.79 Å². The van der Waals surface area contributed by atoms with Gasteiger partial charge in [0.05, 0.1) is 18.6 Å². The zero-order valence-electron chi connectivity index (χ0n) is 12.1. The van der Waals surface area contributed by atoms with Crippen LogP contribution in [-0.2, 0) is 14.6 Å². The third kappa shape index (κ3) is 4.10. The maximum absolute atomic E-state index is 12.0. The molecule has 116 valence electrons. The molecule has 0 N–H and O–H groups in total. The topological polar surface area (TPSA) is 72.9 Å². The van der Waals surface area contributed by atoms with Crippen LogP contribution in [0.2, 0.25) is 0 Å². The Morgan fingerprint density at radius 1 is 1.29 bits per heavy atom. The van der Waals surface area contributed by atoms with Crippen molar-refractivity contribution in [3.63, 3.8) is 0 Å². The van der Waals surface area contributed by atoms with Crippen LogP contribution in [0.1, 0.15) is 6.42 Å². The Hall–Kier alpha value is -1.76. The predicted octanol–water partition coefficient (Wildman–Crippen LogP) is 0.720. The van der Waals surface area contributed by atoms with Gasteiger partial charge in [0.15, 0.2) is 16.4 Å². The highest BCUT2D eigenvalue weighted by atomic mass is 32.2. The maximum atomic E-state index is 12.0. The Kier molecular flexibility index (Phi) is 4.72. The number of carbonyl (C=O) groups excluding carboxylic acids is 1. The minimum Gasteiger partial charge on any atom is -0.497 e. The normalized spacial score (nSPS) is 20.0. The molecule has 0 aliphatic carbocycles. The lowest BCUT2D eigenvalue weighted by Gasteiger charge is -2.23. The van der Waals surface area contributed by atoms with Crippen molar-refractivity contribution in [2.45, 2.75) is 12.5 Å². The van der Waals surface area contributed by atoms with E-state index in [4.69, 9.17) is 9.47 Å². The van der Waals surface area contributed by atoms with E-state index in [-0.39, 0.29) is 30.1 Å². The van der Waals surface area contributed by atoms with E-state index in [0.717, 1.165) is 0 Å². The number of rotatable bonds is 5. The van der Waals surface area contributed by atoms with Gasteiger partial charge in [0.2, 0.25) is 0 Å². The quantitative estimate of drug-likeness (QED) is 0.801. The molecular weight excluding hydrogens is 294 g/mol. The van der Waals surface area contributed by atoms with Crippen molar-refractivity contribution >= 4 is 15.7 Å². The molecule has 0 saturated carbocycles. The maximum Gasteiger partial charge on any atom is 0.260 e. The van der Waals surface area contributed by atoms with Gasteiger partial charge in [-0.05, 0) is 30.7 Å². The molecule has 6 nitrogen and oxygen atoms in total. The molecule has 0 bridgehead atoms. The average Bonchev–Trinajstić information content (AvgIpc) is 2.84. The van der Waals surface area contributed by atoms with E-state index >= 15 is 0 Å². The largest absolute Gasteiger partial charge is 0.497 e. The number of methoxy groups -OCH3 is 1. The van der Waals surface area contributed by atoms with Gasteiger partial charge in [0.1, 0.15) is 11.5 Å². The number of sulfone groups is 1. The van der Waals surface area contributed by atoms with Crippen LogP contribution in [0, 0.1) is 0 Å². The monoisotopic (exact) mass is 313 g/mol. The third-order valence-corrected chi connectivity index (χ3v) is 5.32. The summed E-state index contributed by atoms with van der Waals surface area (Å²) >= 11 is 0. The highest BCUT2D eigenvalue weighted by Gasteiger charge is 2.32. The summed E-state index contributed by atoms with van der Waals surface area (Å²) in [6, 6.07) is 6.67. The first-order valence-corrected chi connectivity index (χ1v) is 8.46. The van der Waals surface area contributed by atoms with Gasteiger partial charge in [0, 0.05) is 13.1 Å². The van der Waals surface area contributed by atoms with Crippen LogP contribution in [0.5, 0.6) is 11.5 Å². The highest BCUT2D eigenvalue weighted by Crippen LogP contribution is 2.18. The average molecular weight is 313 g/mol. The Morgan fingerprint density at radius 2 is 1.90 bits per heavy atom. The fraction of sp³-hybridized carbons (Fsp3) is 0.500. The molecule has 1 aliphatic heterocycles. The fourth-order valence-corrected chi connectivity index (χ4v) is 3.98. The van der Waals surface area contributed by atoms with Crippen LogP contribution >= 0.6 is 0 Å². The SMILES string of the molecule is COc1ccc(OCC(=O)N(C)[C@@H]2CCS(=O)(=O)C2)cc1. The van der Waals surface area contributed by atoms with Gasteiger partial charge in [-0.25, -0.2) is 8.42 Å². The molecule has 0 radical (unpaired) electrons. The van der Waals surface area contributed by atoms with E-state index in [9.17, 15) is 13.2 Å². The van der Waals surface area contributed by atoms with E-state index in [1.54, 1.807) is 38.4 Å². The summed E-state index contributed by atoms with van der Waals surface area (Å²) in [6.07, 6.45) is 0.493. The number of ether oxygens (including phenoxy) is 2. The summed E-state index contributed by atoms with van der Waals surface area (Å²) < 4.78 is 33.3. The van der Waals surface area contributed by atoms with E-state index in [2.05, 4.69) is 0 Å². The van der Waals surface area contributed by atoms with Crippen molar-refractivity contribution in [2.24, 2.45) is 0 Å². The van der Waals surface area contributed by atoms with E-state index in [1.807, 2.05) is 0 Å². The zero-order valence-corrected chi connectivity index (χ0v) is 12.9. The Bertz CT molecular complexity index is 596. The zero-order chi connectivity index (χ0) is 15.5. The van der Waals surface area contributed by atoms with Gasteiger partial charge < -0.3 is 14.4 Å². The molecule has 1 aliphatic rings. The Balaban J connectivity index is 1.86. The highest BCUT2D eigenvalue weighted by molar-refractivity contribution is 7.91. The van der Waals surface area contributed by atoms with Gasteiger partial charge in [-0.1, -0.05) is 0 Å². The number of benzene rings is 1. The van der Waals surface area contributed by atoms with Gasteiger partial charge in [-0.2, -0.15) is 0 Å². The summed E-state index contributed by atoms with van der Waals surface area (Å²) in [7, 11) is 0.192. The molecule has 0 spiro atoms. The summed E-state index contributed by atoms with van der Waals surface area (Å²) in [4.78, 5) is 13.5. The number of likely N-dealkylation sites (N-methyl/N-ethyl adjacent to an activating group) is 1. The first-order valence-electron chi connectivity index (χ1n) is 6.64. The lowest BCUT2D eigenvalue weighted by Crippen LogP contribution is -2.40. The van der Waals surface area contributed by atoms with Gasteiger partial charge in [0.25, 0.3) is 5.91 Å². The van der Waals surface area contributed by atoms with Crippen LogP contribution in [0.15, 0.2) is 24.3 Å². The summed E-state index contributed by atoms with van der Waals surface area (Å²) in [5.41, 5.74) is 0. The second-order valence-corrected chi connectivity index (χ2v) is 7.25. The Morgan fingerprint density at radius 3 is 2.43 bits per heavy atom.